The van der Waals surface area contributed by atoms with Gasteiger partial charge in [-0.2, -0.15) is 5.26 Å². The molecule has 0 aliphatic carbocycles. The molecule has 1 aliphatic rings. The minimum absolute atomic E-state index is 0.240. The van der Waals surface area contributed by atoms with Crippen LogP contribution in [-0.2, 0) is 10.2 Å². The van der Waals surface area contributed by atoms with E-state index in [-0.39, 0.29) is 11.2 Å². The Morgan fingerprint density at radius 3 is 2.52 bits per heavy atom. The molecular formula is C16H16N4O. The third-order valence-corrected chi connectivity index (χ3v) is 4.04. The van der Waals surface area contributed by atoms with E-state index >= 15 is 0 Å². The van der Waals surface area contributed by atoms with Gasteiger partial charge in [0.05, 0.1) is 11.6 Å². The van der Waals surface area contributed by atoms with Gasteiger partial charge in [0.2, 0.25) is 0 Å². The van der Waals surface area contributed by atoms with Crippen LogP contribution in [0.15, 0.2) is 36.5 Å². The lowest BCUT2D eigenvalue weighted by atomic mass is 9.73. The number of nitriles is 1. The molecule has 0 spiro atoms. The Bertz CT molecular complexity index is 672. The minimum Gasteiger partial charge on any atom is -0.382 e. The maximum atomic E-state index is 8.97. The molecule has 5 nitrogen and oxygen atoms in total. The van der Waals surface area contributed by atoms with Gasteiger partial charge in [0.25, 0.3) is 0 Å². The zero-order valence-corrected chi connectivity index (χ0v) is 11.6. The van der Waals surface area contributed by atoms with Gasteiger partial charge in [-0.1, -0.05) is 30.3 Å². The van der Waals surface area contributed by atoms with E-state index < -0.39 is 0 Å². The van der Waals surface area contributed by atoms with Gasteiger partial charge in [-0.15, -0.1) is 0 Å². The molecule has 2 heterocycles. The van der Waals surface area contributed by atoms with Crippen LogP contribution in [0.1, 0.15) is 29.8 Å². The summed E-state index contributed by atoms with van der Waals surface area (Å²) in [4.78, 5) is 8.82. The standard InChI is InChI=1S/C16H16N4O/c17-10-12-11-19-15(20-14(12)18)16(6-8-21-9-7-16)13-4-2-1-3-5-13/h1-5,11H,6-9H2,(H2,18,19,20). The molecule has 1 aromatic heterocycles. The zero-order valence-electron chi connectivity index (χ0n) is 11.6. The molecule has 5 heteroatoms. The van der Waals surface area contributed by atoms with Crippen LogP contribution >= 0.6 is 0 Å². The fraction of sp³-hybridized carbons (Fsp3) is 0.312. The fourth-order valence-electron chi connectivity index (χ4n) is 2.83. The highest BCUT2D eigenvalue weighted by Gasteiger charge is 2.39. The number of nitrogens with two attached hydrogens (primary N) is 1. The van der Waals surface area contributed by atoms with E-state index in [4.69, 9.17) is 15.7 Å². The molecule has 1 aliphatic heterocycles. The highest BCUT2D eigenvalue weighted by Crippen LogP contribution is 2.39. The van der Waals surface area contributed by atoms with Crippen LogP contribution in [0.5, 0.6) is 0 Å². The average Bonchev–Trinajstić information content (AvgIpc) is 2.56. The van der Waals surface area contributed by atoms with Gasteiger partial charge in [-0.05, 0) is 18.4 Å². The van der Waals surface area contributed by atoms with Gasteiger partial charge in [0.15, 0.2) is 0 Å². The van der Waals surface area contributed by atoms with Crippen LogP contribution in [0.3, 0.4) is 0 Å². The van der Waals surface area contributed by atoms with Crippen molar-refractivity contribution in [3.63, 3.8) is 0 Å². The van der Waals surface area contributed by atoms with Crippen molar-refractivity contribution in [2.24, 2.45) is 0 Å². The number of aromatic nitrogens is 2. The summed E-state index contributed by atoms with van der Waals surface area (Å²) < 4.78 is 5.50. The molecule has 0 amide bonds. The van der Waals surface area contributed by atoms with Crippen molar-refractivity contribution >= 4 is 5.82 Å². The maximum Gasteiger partial charge on any atom is 0.145 e. The van der Waals surface area contributed by atoms with E-state index in [2.05, 4.69) is 22.1 Å². The lowest BCUT2D eigenvalue weighted by molar-refractivity contribution is 0.0605. The first-order chi connectivity index (χ1) is 10.3. The first-order valence-corrected chi connectivity index (χ1v) is 6.93. The molecule has 0 saturated carbocycles. The summed E-state index contributed by atoms with van der Waals surface area (Å²) in [6, 6.07) is 12.2. The fourth-order valence-corrected chi connectivity index (χ4v) is 2.83. The number of benzene rings is 1. The molecule has 2 aromatic rings. The first kappa shape index (κ1) is 13.5. The van der Waals surface area contributed by atoms with Crippen LogP contribution in [0.25, 0.3) is 0 Å². The average molecular weight is 280 g/mol. The first-order valence-electron chi connectivity index (χ1n) is 6.93. The second kappa shape index (κ2) is 5.51. The summed E-state index contributed by atoms with van der Waals surface area (Å²) in [5.74, 6) is 0.915. The number of hydrogen-bond donors (Lipinski definition) is 1. The summed E-state index contributed by atoms with van der Waals surface area (Å²) in [6.45, 7) is 1.33. The zero-order chi connectivity index (χ0) is 14.7. The van der Waals surface area contributed by atoms with E-state index in [9.17, 15) is 0 Å². The quantitative estimate of drug-likeness (QED) is 0.909. The second-order valence-electron chi connectivity index (χ2n) is 5.16. The third kappa shape index (κ3) is 2.34. The molecule has 1 fully saturated rings. The number of hydrogen-bond acceptors (Lipinski definition) is 5. The molecule has 1 saturated heterocycles. The molecule has 106 valence electrons. The van der Waals surface area contributed by atoms with Crippen LogP contribution in [-0.4, -0.2) is 23.2 Å². The number of nitrogens with zero attached hydrogens (tertiary/aromatic N) is 3. The Morgan fingerprint density at radius 1 is 1.19 bits per heavy atom. The van der Waals surface area contributed by atoms with Crippen molar-refractivity contribution in [2.45, 2.75) is 18.3 Å². The van der Waals surface area contributed by atoms with Crippen molar-refractivity contribution < 1.29 is 4.74 Å². The van der Waals surface area contributed by atoms with Crippen LogP contribution in [0.2, 0.25) is 0 Å². The van der Waals surface area contributed by atoms with Gasteiger partial charge < -0.3 is 10.5 Å². The lowest BCUT2D eigenvalue weighted by Crippen LogP contribution is -2.37. The van der Waals surface area contributed by atoms with Gasteiger partial charge in [0.1, 0.15) is 23.3 Å². The predicted octanol–water partition coefficient (Wildman–Crippen LogP) is 2.03. The number of ether oxygens (including phenoxy) is 1. The van der Waals surface area contributed by atoms with Crippen molar-refractivity contribution in [3.05, 3.63) is 53.5 Å². The molecule has 0 bridgehead atoms. The normalized spacial score (nSPS) is 17.1. The Balaban J connectivity index is 2.12. The maximum absolute atomic E-state index is 8.97. The van der Waals surface area contributed by atoms with Gasteiger partial charge >= 0.3 is 0 Å². The van der Waals surface area contributed by atoms with E-state index in [0.29, 0.717) is 24.6 Å². The topological polar surface area (TPSA) is 84.8 Å². The third-order valence-electron chi connectivity index (χ3n) is 4.04. The predicted molar refractivity (Wildman–Crippen MR) is 78.4 cm³/mol. The summed E-state index contributed by atoms with van der Waals surface area (Å²) in [5, 5.41) is 8.97. The second-order valence-corrected chi connectivity index (χ2v) is 5.16. The van der Waals surface area contributed by atoms with E-state index in [1.807, 2.05) is 24.3 Å². The van der Waals surface area contributed by atoms with E-state index in [0.717, 1.165) is 18.4 Å². The van der Waals surface area contributed by atoms with Crippen LogP contribution in [0, 0.1) is 11.3 Å². The largest absolute Gasteiger partial charge is 0.382 e. The van der Waals surface area contributed by atoms with Gasteiger partial charge in [0, 0.05) is 13.2 Å². The summed E-state index contributed by atoms with van der Waals surface area (Å²) in [7, 11) is 0. The number of anilines is 1. The highest BCUT2D eigenvalue weighted by atomic mass is 16.5. The Hall–Kier alpha value is -2.45. The number of nitrogen functional groups attached to an aromatic ring is 1. The lowest BCUT2D eigenvalue weighted by Gasteiger charge is -2.36. The molecule has 3 rings (SSSR count). The SMILES string of the molecule is N#Cc1cnc(C2(c3ccccc3)CCOCC2)nc1N. The van der Waals surface area contributed by atoms with Crippen molar-refractivity contribution in [1.29, 1.82) is 5.26 Å². The van der Waals surface area contributed by atoms with Gasteiger partial charge in [-0.25, -0.2) is 9.97 Å². The molecule has 2 N–H and O–H groups in total. The highest BCUT2D eigenvalue weighted by molar-refractivity contribution is 5.48. The molecule has 0 radical (unpaired) electrons. The van der Waals surface area contributed by atoms with E-state index in [1.165, 1.54) is 6.20 Å². The Kier molecular flexibility index (Phi) is 3.55. The van der Waals surface area contributed by atoms with Crippen molar-refractivity contribution in [1.82, 2.24) is 9.97 Å². The van der Waals surface area contributed by atoms with Crippen LogP contribution < -0.4 is 5.73 Å². The van der Waals surface area contributed by atoms with Gasteiger partial charge in [-0.3, -0.25) is 0 Å². The van der Waals surface area contributed by atoms with Crippen molar-refractivity contribution in [3.8, 4) is 6.07 Å². The molecule has 1 aromatic carbocycles. The van der Waals surface area contributed by atoms with Crippen LogP contribution in [0.4, 0.5) is 5.82 Å². The minimum atomic E-state index is -0.290. The van der Waals surface area contributed by atoms with E-state index in [1.54, 1.807) is 0 Å². The molecule has 21 heavy (non-hydrogen) atoms. The summed E-state index contributed by atoms with van der Waals surface area (Å²) in [5.41, 5.74) is 7.06. The molecule has 0 atom stereocenters. The number of rotatable bonds is 2. The monoisotopic (exact) mass is 280 g/mol. The molecular weight excluding hydrogens is 264 g/mol. The molecule has 0 unspecified atom stereocenters. The Morgan fingerprint density at radius 2 is 1.90 bits per heavy atom. The summed E-state index contributed by atoms with van der Waals surface area (Å²) in [6.07, 6.45) is 3.13. The summed E-state index contributed by atoms with van der Waals surface area (Å²) >= 11 is 0. The smallest absolute Gasteiger partial charge is 0.145 e. The van der Waals surface area contributed by atoms with Crippen molar-refractivity contribution in [2.75, 3.05) is 18.9 Å². The Labute approximate surface area is 123 Å².